The van der Waals surface area contributed by atoms with E-state index < -0.39 is 23.8 Å². The van der Waals surface area contributed by atoms with Gasteiger partial charge in [-0.05, 0) is 87.0 Å². The molecule has 30 heavy (non-hydrogen) atoms. The summed E-state index contributed by atoms with van der Waals surface area (Å²) in [6, 6.07) is 0. The number of carbonyl (C=O) groups is 1. The summed E-state index contributed by atoms with van der Waals surface area (Å²) in [5.41, 5.74) is 0.153. The summed E-state index contributed by atoms with van der Waals surface area (Å²) in [6.07, 6.45) is 6.18. The van der Waals surface area contributed by atoms with Gasteiger partial charge in [-0.1, -0.05) is 26.5 Å². The van der Waals surface area contributed by atoms with Crippen LogP contribution in [0, 0.1) is 35.0 Å². The maximum atomic E-state index is 11.1. The lowest BCUT2D eigenvalue weighted by Crippen LogP contribution is -2.43. The molecule has 0 bridgehead atoms. The van der Waals surface area contributed by atoms with Crippen molar-refractivity contribution in [1.29, 1.82) is 0 Å². The molecule has 0 aromatic rings. The van der Waals surface area contributed by atoms with Gasteiger partial charge in [0.05, 0.1) is 17.8 Å². The topological polar surface area (TPSA) is 98.0 Å². The van der Waals surface area contributed by atoms with Crippen molar-refractivity contribution in [3.05, 3.63) is 23.8 Å². The van der Waals surface area contributed by atoms with Gasteiger partial charge in [0.2, 0.25) is 0 Å². The first-order chi connectivity index (χ1) is 13.9. The normalized spacial score (nSPS) is 45.4. The molecule has 0 spiro atoms. The molecule has 0 aromatic carbocycles. The molecule has 9 atom stereocenters. The Kier molecular flexibility index (Phi) is 6.58. The minimum absolute atomic E-state index is 0.0182. The molecule has 3 rings (SSSR count). The van der Waals surface area contributed by atoms with E-state index in [-0.39, 0.29) is 17.3 Å². The highest BCUT2D eigenvalue weighted by molar-refractivity contribution is 5.85. The molecule has 0 aromatic heterocycles. The summed E-state index contributed by atoms with van der Waals surface area (Å²) in [7, 11) is 0. The Bertz CT molecular complexity index is 710. The van der Waals surface area contributed by atoms with Crippen LogP contribution in [0.4, 0.5) is 0 Å². The molecule has 0 amide bonds. The van der Waals surface area contributed by atoms with Crippen molar-refractivity contribution in [2.45, 2.75) is 90.4 Å². The van der Waals surface area contributed by atoms with Crippen LogP contribution in [-0.2, 0) is 4.79 Å². The predicted octanol–water partition coefficient (Wildman–Crippen LogP) is 3.93. The van der Waals surface area contributed by atoms with Crippen molar-refractivity contribution < 1.29 is 25.2 Å². The van der Waals surface area contributed by atoms with Gasteiger partial charge in [0, 0.05) is 17.9 Å². The number of rotatable bonds is 5. The van der Waals surface area contributed by atoms with Crippen molar-refractivity contribution in [2.24, 2.45) is 35.0 Å². The molecule has 0 unspecified atom stereocenters. The van der Waals surface area contributed by atoms with E-state index in [0.717, 1.165) is 32.1 Å². The number of aliphatic carboxylic acids is 1. The Labute approximate surface area is 180 Å². The average molecular weight is 421 g/mol. The number of carboxylic acids is 1. The zero-order chi connectivity index (χ0) is 22.4. The summed E-state index contributed by atoms with van der Waals surface area (Å²) in [5.74, 6) is 0.0336. The highest BCUT2D eigenvalue weighted by Crippen LogP contribution is 2.61. The summed E-state index contributed by atoms with van der Waals surface area (Å²) in [5, 5.41) is 41.8. The standard InChI is InChI=1S/C25H40O5/c1-14(7-6-8-15(2)23(28)29)17-9-10-24(4)12-19-22(21(27)13-25(19,5)30)16(3)20(26)11-18(17)24/h8,14,17-22,26-27,30H,3,6-7,9-13H2,1-2,4-5H3,(H,28,29)/b15-8+/t14-,17+,18-,19-,20-,21+,22+,24+,25+/m0/s1. The van der Waals surface area contributed by atoms with E-state index in [1.807, 2.05) is 13.0 Å². The number of fused-ring (bicyclic) bond motifs is 2. The van der Waals surface area contributed by atoms with Crippen LogP contribution in [-0.4, -0.2) is 44.2 Å². The van der Waals surface area contributed by atoms with Crippen molar-refractivity contribution in [1.82, 2.24) is 0 Å². The first kappa shape index (κ1) is 23.5. The van der Waals surface area contributed by atoms with Crippen LogP contribution in [0.5, 0.6) is 0 Å². The second-order valence-corrected chi connectivity index (χ2v) is 11.0. The molecule has 0 saturated heterocycles. The number of aliphatic hydroxyl groups excluding tert-OH is 2. The quantitative estimate of drug-likeness (QED) is 0.399. The first-order valence-corrected chi connectivity index (χ1v) is 11.5. The summed E-state index contributed by atoms with van der Waals surface area (Å²) >= 11 is 0. The van der Waals surface area contributed by atoms with E-state index in [4.69, 9.17) is 5.11 Å². The number of hydrogen-bond acceptors (Lipinski definition) is 4. The second kappa shape index (κ2) is 8.40. The summed E-state index contributed by atoms with van der Waals surface area (Å²) < 4.78 is 0. The highest BCUT2D eigenvalue weighted by Gasteiger charge is 2.58. The Balaban J connectivity index is 1.80. The smallest absolute Gasteiger partial charge is 0.330 e. The van der Waals surface area contributed by atoms with Crippen LogP contribution in [0.2, 0.25) is 0 Å². The van der Waals surface area contributed by atoms with Crippen LogP contribution < -0.4 is 0 Å². The summed E-state index contributed by atoms with van der Waals surface area (Å²) in [6.45, 7) is 12.2. The fraction of sp³-hybridized carbons (Fsp3) is 0.800. The molecule has 3 aliphatic rings. The molecular weight excluding hydrogens is 380 g/mol. The van der Waals surface area contributed by atoms with Gasteiger partial charge in [0.25, 0.3) is 0 Å². The molecule has 0 aliphatic heterocycles. The zero-order valence-corrected chi connectivity index (χ0v) is 19.0. The van der Waals surface area contributed by atoms with Gasteiger partial charge in [-0.3, -0.25) is 0 Å². The fourth-order valence-corrected chi connectivity index (χ4v) is 6.98. The second-order valence-electron chi connectivity index (χ2n) is 11.0. The van der Waals surface area contributed by atoms with E-state index in [9.17, 15) is 20.1 Å². The van der Waals surface area contributed by atoms with Gasteiger partial charge in [-0.2, -0.15) is 0 Å². The van der Waals surface area contributed by atoms with E-state index in [1.54, 1.807) is 6.92 Å². The molecular formula is C25H40O5. The van der Waals surface area contributed by atoms with Gasteiger partial charge < -0.3 is 20.4 Å². The fourth-order valence-electron chi connectivity index (χ4n) is 6.98. The van der Waals surface area contributed by atoms with Gasteiger partial charge >= 0.3 is 5.97 Å². The average Bonchev–Trinajstić information content (AvgIpc) is 3.06. The van der Waals surface area contributed by atoms with Gasteiger partial charge in [-0.15, -0.1) is 0 Å². The Morgan fingerprint density at radius 2 is 1.93 bits per heavy atom. The lowest BCUT2D eigenvalue weighted by molar-refractivity contribution is -0.132. The molecule has 0 radical (unpaired) electrons. The number of allylic oxidation sites excluding steroid dienone is 1. The Hall–Kier alpha value is -1.17. The molecule has 170 valence electrons. The number of aliphatic hydroxyl groups is 3. The monoisotopic (exact) mass is 420 g/mol. The lowest BCUT2D eigenvalue weighted by Gasteiger charge is -2.46. The number of carboxylic acid groups (broad SMARTS) is 1. The van der Waals surface area contributed by atoms with Gasteiger partial charge in [-0.25, -0.2) is 4.79 Å². The van der Waals surface area contributed by atoms with Crippen LogP contribution in [0.15, 0.2) is 23.8 Å². The van der Waals surface area contributed by atoms with Crippen molar-refractivity contribution in [3.8, 4) is 0 Å². The SMILES string of the molecule is C=C1[C@H]2[C@H](O)C[C@@](C)(O)[C@H]2C[C@@]2(C)CC[C@H]([C@@H](C)CC/C=C(\C)C(=O)O)[C@@H]2C[C@@H]1O. The highest BCUT2D eigenvalue weighted by atomic mass is 16.4. The maximum Gasteiger partial charge on any atom is 0.330 e. The van der Waals surface area contributed by atoms with Gasteiger partial charge in [0.15, 0.2) is 0 Å². The third-order valence-electron chi connectivity index (χ3n) is 8.89. The van der Waals surface area contributed by atoms with Crippen LogP contribution in [0.25, 0.3) is 0 Å². The minimum atomic E-state index is -0.944. The van der Waals surface area contributed by atoms with E-state index in [2.05, 4.69) is 20.4 Å². The largest absolute Gasteiger partial charge is 0.478 e. The van der Waals surface area contributed by atoms with Crippen molar-refractivity contribution in [2.75, 3.05) is 0 Å². The zero-order valence-electron chi connectivity index (χ0n) is 19.0. The Morgan fingerprint density at radius 1 is 1.27 bits per heavy atom. The van der Waals surface area contributed by atoms with E-state index in [1.165, 1.54) is 0 Å². The third kappa shape index (κ3) is 4.26. The Morgan fingerprint density at radius 3 is 2.57 bits per heavy atom. The molecule has 0 heterocycles. The van der Waals surface area contributed by atoms with Crippen LogP contribution >= 0.6 is 0 Å². The first-order valence-electron chi connectivity index (χ1n) is 11.5. The van der Waals surface area contributed by atoms with E-state index in [0.29, 0.717) is 41.7 Å². The van der Waals surface area contributed by atoms with Crippen LogP contribution in [0.3, 0.4) is 0 Å². The molecule has 4 N–H and O–H groups in total. The maximum absolute atomic E-state index is 11.1. The van der Waals surface area contributed by atoms with E-state index >= 15 is 0 Å². The van der Waals surface area contributed by atoms with Gasteiger partial charge in [0.1, 0.15) is 0 Å². The lowest BCUT2D eigenvalue weighted by atomic mass is 9.61. The molecule has 3 saturated carbocycles. The third-order valence-corrected chi connectivity index (χ3v) is 8.89. The molecule has 3 aliphatic carbocycles. The molecule has 5 nitrogen and oxygen atoms in total. The van der Waals surface area contributed by atoms with Crippen LogP contribution in [0.1, 0.15) is 72.6 Å². The summed E-state index contributed by atoms with van der Waals surface area (Å²) in [4.78, 5) is 11.0. The van der Waals surface area contributed by atoms with Crippen molar-refractivity contribution in [3.63, 3.8) is 0 Å². The predicted molar refractivity (Wildman–Crippen MR) is 117 cm³/mol. The van der Waals surface area contributed by atoms with Crippen molar-refractivity contribution >= 4 is 5.97 Å². The molecule has 5 heteroatoms. The minimum Gasteiger partial charge on any atom is -0.478 e. The number of hydrogen-bond donors (Lipinski definition) is 4. The molecule has 3 fully saturated rings.